The molecule has 12 rings (SSSR count). The molecule has 0 amide bonds. The highest BCUT2D eigenvalue weighted by molar-refractivity contribution is 5.84. The minimum atomic E-state index is -0.508. The summed E-state index contributed by atoms with van der Waals surface area (Å²) in [5.41, 5.74) is 16.3. The van der Waals surface area contributed by atoms with Crippen LogP contribution in [0.15, 0.2) is 243 Å². The van der Waals surface area contributed by atoms with Crippen molar-refractivity contribution in [3.05, 3.63) is 287 Å². The lowest BCUT2D eigenvalue weighted by molar-refractivity contribution is 0.557. The van der Waals surface area contributed by atoms with Gasteiger partial charge in [0.15, 0.2) is 0 Å². The minimum absolute atomic E-state index is 0.508. The number of nitrogens with zero attached hydrogens (tertiary/aromatic N) is 2. The first-order chi connectivity index (χ1) is 28.8. The average molecular weight is 741 g/mol. The van der Waals surface area contributed by atoms with Crippen LogP contribution in [-0.2, 0) is 10.8 Å². The van der Waals surface area contributed by atoms with E-state index in [1.165, 1.54) is 44.5 Å². The predicted octanol–water partition coefficient (Wildman–Crippen LogP) is 14.0. The molecule has 0 saturated heterocycles. The van der Waals surface area contributed by atoms with Gasteiger partial charge in [-0.2, -0.15) is 0 Å². The molecular weight excluding hydrogens is 701 g/mol. The van der Waals surface area contributed by atoms with E-state index >= 15 is 0 Å². The second-order valence-electron chi connectivity index (χ2n) is 15.2. The van der Waals surface area contributed by atoms with Crippen LogP contribution in [0.3, 0.4) is 0 Å². The van der Waals surface area contributed by atoms with Gasteiger partial charge in [-0.15, -0.1) is 0 Å². The second-order valence-corrected chi connectivity index (χ2v) is 15.2. The molecule has 9 aromatic rings. The third kappa shape index (κ3) is 4.92. The Labute approximate surface area is 340 Å². The molecule has 0 spiro atoms. The van der Waals surface area contributed by atoms with Gasteiger partial charge in [-0.25, -0.2) is 0 Å². The number of hydrogen-bond acceptors (Lipinski definition) is 2. The van der Waals surface area contributed by atoms with Crippen molar-refractivity contribution in [2.75, 3.05) is 9.80 Å². The highest BCUT2D eigenvalue weighted by Gasteiger charge is 2.59. The molecule has 274 valence electrons. The van der Waals surface area contributed by atoms with Crippen molar-refractivity contribution in [1.29, 1.82) is 0 Å². The van der Waals surface area contributed by atoms with Crippen molar-refractivity contribution >= 4 is 34.1 Å². The van der Waals surface area contributed by atoms with E-state index in [1.807, 2.05) is 0 Å². The lowest BCUT2D eigenvalue weighted by atomic mass is 9.44. The van der Waals surface area contributed by atoms with Crippen molar-refractivity contribution in [1.82, 2.24) is 0 Å². The molecule has 58 heavy (non-hydrogen) atoms. The Bertz CT molecular complexity index is 2470. The van der Waals surface area contributed by atoms with Crippen molar-refractivity contribution in [2.45, 2.75) is 10.8 Å². The Morgan fingerprint density at radius 1 is 0.190 bits per heavy atom. The molecule has 2 heteroatoms. The number of hydrogen-bond donors (Lipinski definition) is 0. The van der Waals surface area contributed by atoms with Gasteiger partial charge in [0.1, 0.15) is 0 Å². The molecule has 0 unspecified atom stereocenters. The van der Waals surface area contributed by atoms with Crippen LogP contribution in [-0.4, -0.2) is 0 Å². The fourth-order valence-electron chi connectivity index (χ4n) is 10.1. The topological polar surface area (TPSA) is 6.48 Å². The summed E-state index contributed by atoms with van der Waals surface area (Å²) in [7, 11) is 0. The van der Waals surface area contributed by atoms with Gasteiger partial charge in [0, 0.05) is 34.1 Å². The largest absolute Gasteiger partial charge is 0.311 e. The first-order valence-electron chi connectivity index (χ1n) is 20.1. The van der Waals surface area contributed by atoms with Gasteiger partial charge >= 0.3 is 0 Å². The van der Waals surface area contributed by atoms with E-state index in [2.05, 4.69) is 252 Å². The first-order valence-corrected chi connectivity index (χ1v) is 20.1. The maximum absolute atomic E-state index is 2.38. The SMILES string of the molecule is c1ccc(N(c2ccccc2)c2ccc(C34c5ccccc5C(c5ccc(N(c6ccccc6)c6ccccc6)cc5)(c5ccccc53)c3ccccc34)cc2)cc1. The number of anilines is 6. The minimum Gasteiger partial charge on any atom is -0.311 e. The Balaban J connectivity index is 1.10. The van der Waals surface area contributed by atoms with Gasteiger partial charge in [-0.05, 0) is 117 Å². The molecule has 3 aliphatic carbocycles. The standard InChI is InChI=1S/C56H40N2/c1-5-19-43(20-6-1)57(44-21-7-2-8-22-44)47-37-33-41(34-38-47)55-49-27-13-16-30-52(49)56(53-31-17-14-28-50(53)55,54-32-18-15-29-51(54)55)42-35-39-48(40-36-42)58(45-23-9-3-10-24-45)46-25-11-4-12-26-46/h1-40H. The lowest BCUT2D eigenvalue weighted by Crippen LogP contribution is -2.51. The van der Waals surface area contributed by atoms with Crippen LogP contribution >= 0.6 is 0 Å². The number of rotatable bonds is 8. The third-order valence-electron chi connectivity index (χ3n) is 12.4. The Hall–Kier alpha value is -7.42. The Morgan fingerprint density at radius 3 is 0.603 bits per heavy atom. The molecule has 0 saturated carbocycles. The van der Waals surface area contributed by atoms with Crippen LogP contribution in [0, 0.1) is 0 Å². The van der Waals surface area contributed by atoms with E-state index in [0.717, 1.165) is 34.1 Å². The molecule has 2 bridgehead atoms. The molecule has 0 atom stereocenters. The smallest absolute Gasteiger partial charge is 0.0711 e. The molecule has 0 aliphatic heterocycles. The van der Waals surface area contributed by atoms with E-state index in [9.17, 15) is 0 Å². The van der Waals surface area contributed by atoms with Gasteiger partial charge < -0.3 is 9.80 Å². The van der Waals surface area contributed by atoms with Crippen LogP contribution in [0.5, 0.6) is 0 Å². The first kappa shape index (κ1) is 33.9. The van der Waals surface area contributed by atoms with Crippen molar-refractivity contribution in [3.63, 3.8) is 0 Å². The molecule has 0 N–H and O–H groups in total. The molecular formula is C56H40N2. The molecule has 0 radical (unpaired) electrons. The highest BCUT2D eigenvalue weighted by Crippen LogP contribution is 2.66. The van der Waals surface area contributed by atoms with Crippen molar-refractivity contribution in [3.8, 4) is 0 Å². The van der Waals surface area contributed by atoms with Gasteiger partial charge in [-0.1, -0.05) is 170 Å². The van der Waals surface area contributed by atoms with Crippen LogP contribution in [0.1, 0.15) is 44.5 Å². The third-order valence-corrected chi connectivity index (χ3v) is 12.4. The fourth-order valence-corrected chi connectivity index (χ4v) is 10.1. The zero-order chi connectivity index (χ0) is 38.5. The monoisotopic (exact) mass is 740 g/mol. The maximum Gasteiger partial charge on any atom is 0.0711 e. The van der Waals surface area contributed by atoms with E-state index < -0.39 is 10.8 Å². The molecule has 0 aromatic heterocycles. The molecule has 0 heterocycles. The summed E-state index contributed by atoms with van der Waals surface area (Å²) < 4.78 is 0. The average Bonchev–Trinajstić information content (AvgIpc) is 3.31. The van der Waals surface area contributed by atoms with Crippen molar-refractivity contribution < 1.29 is 0 Å². The van der Waals surface area contributed by atoms with Crippen LogP contribution in [0.25, 0.3) is 0 Å². The summed E-state index contributed by atoms with van der Waals surface area (Å²) in [5.74, 6) is 0. The number of benzene rings is 9. The summed E-state index contributed by atoms with van der Waals surface area (Å²) in [6.07, 6.45) is 0. The maximum atomic E-state index is 2.38. The zero-order valence-corrected chi connectivity index (χ0v) is 32.0. The number of para-hydroxylation sites is 4. The molecule has 3 aliphatic rings. The fraction of sp³-hybridized carbons (Fsp3) is 0.0357. The zero-order valence-electron chi connectivity index (χ0n) is 32.0. The van der Waals surface area contributed by atoms with Gasteiger partial charge in [-0.3, -0.25) is 0 Å². The van der Waals surface area contributed by atoms with Crippen LogP contribution < -0.4 is 9.80 Å². The predicted molar refractivity (Wildman–Crippen MR) is 240 cm³/mol. The summed E-state index contributed by atoms with van der Waals surface area (Å²) >= 11 is 0. The van der Waals surface area contributed by atoms with E-state index in [-0.39, 0.29) is 0 Å². The highest BCUT2D eigenvalue weighted by atomic mass is 15.1. The van der Waals surface area contributed by atoms with E-state index in [4.69, 9.17) is 0 Å². The van der Waals surface area contributed by atoms with Gasteiger partial charge in [0.05, 0.1) is 10.8 Å². The Kier molecular flexibility index (Phi) is 7.97. The molecule has 2 nitrogen and oxygen atoms in total. The van der Waals surface area contributed by atoms with Crippen LogP contribution in [0.2, 0.25) is 0 Å². The molecule has 0 fully saturated rings. The molecule has 9 aromatic carbocycles. The second kappa shape index (κ2) is 13.7. The van der Waals surface area contributed by atoms with Gasteiger partial charge in [0.25, 0.3) is 0 Å². The van der Waals surface area contributed by atoms with Crippen molar-refractivity contribution in [2.24, 2.45) is 0 Å². The normalized spacial score (nSPS) is 17.1. The quantitative estimate of drug-likeness (QED) is 0.153. The van der Waals surface area contributed by atoms with E-state index in [0.29, 0.717) is 0 Å². The summed E-state index contributed by atoms with van der Waals surface area (Å²) in [6, 6.07) is 88.9. The summed E-state index contributed by atoms with van der Waals surface area (Å²) in [6.45, 7) is 0. The lowest BCUT2D eigenvalue weighted by Gasteiger charge is -2.57. The van der Waals surface area contributed by atoms with Crippen LogP contribution in [0.4, 0.5) is 34.1 Å². The van der Waals surface area contributed by atoms with E-state index in [1.54, 1.807) is 0 Å². The summed E-state index contributed by atoms with van der Waals surface area (Å²) in [4.78, 5) is 4.68. The summed E-state index contributed by atoms with van der Waals surface area (Å²) in [5, 5.41) is 0. The van der Waals surface area contributed by atoms with Gasteiger partial charge in [0.2, 0.25) is 0 Å². The Morgan fingerprint density at radius 2 is 0.379 bits per heavy atom.